The minimum atomic E-state index is -0.755. The van der Waals surface area contributed by atoms with E-state index in [1.165, 1.54) is 0 Å². The number of amides is 1. The molecule has 0 radical (unpaired) electrons. The molecule has 2 aliphatic heterocycles. The standard InChI is InChI=1S/C22H34N4O3/c1-23-12-14-25(15-13-23)20-10-11-26(16-18(20)8-9-22(28)29)21(27)17-24(2)19-6-4-3-5-7-19/h3-7,18,20H,8-17H2,1-2H3,(H,28,29). The van der Waals surface area contributed by atoms with Crippen LogP contribution in [0, 0.1) is 5.92 Å². The van der Waals surface area contributed by atoms with Gasteiger partial charge in [0.1, 0.15) is 0 Å². The number of anilines is 1. The summed E-state index contributed by atoms with van der Waals surface area (Å²) >= 11 is 0. The van der Waals surface area contributed by atoms with Gasteiger partial charge in [-0.2, -0.15) is 0 Å². The van der Waals surface area contributed by atoms with Gasteiger partial charge in [-0.15, -0.1) is 0 Å². The molecule has 0 aromatic heterocycles. The number of hydrogen-bond donors (Lipinski definition) is 1. The van der Waals surface area contributed by atoms with Crippen LogP contribution >= 0.6 is 0 Å². The van der Waals surface area contributed by atoms with Crippen molar-refractivity contribution in [2.45, 2.75) is 25.3 Å². The highest BCUT2D eigenvalue weighted by molar-refractivity contribution is 5.81. The first-order chi connectivity index (χ1) is 13.9. The summed E-state index contributed by atoms with van der Waals surface area (Å²) < 4.78 is 0. The van der Waals surface area contributed by atoms with Crippen molar-refractivity contribution in [3.8, 4) is 0 Å². The predicted molar refractivity (Wildman–Crippen MR) is 114 cm³/mol. The third kappa shape index (κ3) is 5.93. The Labute approximate surface area is 173 Å². The van der Waals surface area contributed by atoms with Crippen molar-refractivity contribution in [2.24, 2.45) is 5.92 Å². The summed E-state index contributed by atoms with van der Waals surface area (Å²) in [4.78, 5) is 32.9. The molecule has 2 aliphatic rings. The molecule has 0 saturated carbocycles. The molecule has 1 N–H and O–H groups in total. The summed E-state index contributed by atoms with van der Waals surface area (Å²) in [5, 5.41) is 9.19. The third-order valence-corrected chi connectivity index (χ3v) is 6.35. The normalized spacial score (nSPS) is 23.7. The molecule has 2 fully saturated rings. The van der Waals surface area contributed by atoms with Crippen LogP contribution in [-0.2, 0) is 9.59 Å². The molecular weight excluding hydrogens is 368 g/mol. The number of carboxylic acids is 1. The number of likely N-dealkylation sites (tertiary alicyclic amines) is 1. The highest BCUT2D eigenvalue weighted by Crippen LogP contribution is 2.27. The molecule has 1 amide bonds. The van der Waals surface area contributed by atoms with Crippen LogP contribution in [0.4, 0.5) is 5.69 Å². The minimum Gasteiger partial charge on any atom is -0.481 e. The molecule has 7 heteroatoms. The van der Waals surface area contributed by atoms with E-state index in [4.69, 9.17) is 0 Å². The molecule has 2 heterocycles. The Hall–Kier alpha value is -2.12. The van der Waals surface area contributed by atoms with Crippen molar-refractivity contribution in [1.29, 1.82) is 0 Å². The molecule has 0 aliphatic carbocycles. The third-order valence-electron chi connectivity index (χ3n) is 6.35. The summed E-state index contributed by atoms with van der Waals surface area (Å²) in [6, 6.07) is 10.3. The van der Waals surface area contributed by atoms with Gasteiger partial charge in [0.05, 0.1) is 6.54 Å². The maximum absolute atomic E-state index is 12.9. The SMILES string of the molecule is CN1CCN(C2CCN(C(=O)CN(C)c3ccccc3)CC2CCC(=O)O)CC1. The second kappa shape index (κ2) is 10.1. The fraction of sp³-hybridized carbons (Fsp3) is 0.636. The Bertz CT molecular complexity index is 676. The lowest BCUT2D eigenvalue weighted by Gasteiger charge is -2.46. The molecule has 7 nitrogen and oxygen atoms in total. The second-order valence-electron chi connectivity index (χ2n) is 8.42. The molecule has 1 aromatic carbocycles. The zero-order chi connectivity index (χ0) is 20.8. The number of carboxylic acid groups (broad SMARTS) is 1. The highest BCUT2D eigenvalue weighted by Gasteiger charge is 2.36. The van der Waals surface area contributed by atoms with E-state index < -0.39 is 5.97 Å². The molecular formula is C22H34N4O3. The van der Waals surface area contributed by atoms with Crippen LogP contribution in [0.1, 0.15) is 19.3 Å². The van der Waals surface area contributed by atoms with Gasteiger partial charge in [0.15, 0.2) is 0 Å². The van der Waals surface area contributed by atoms with E-state index in [1.807, 2.05) is 47.2 Å². The maximum Gasteiger partial charge on any atom is 0.303 e. The number of carbonyl (C=O) groups excluding carboxylic acids is 1. The largest absolute Gasteiger partial charge is 0.481 e. The molecule has 29 heavy (non-hydrogen) atoms. The zero-order valence-corrected chi connectivity index (χ0v) is 17.7. The number of para-hydroxylation sites is 1. The van der Waals surface area contributed by atoms with Crippen LogP contribution in [0.3, 0.4) is 0 Å². The van der Waals surface area contributed by atoms with Crippen molar-refractivity contribution < 1.29 is 14.7 Å². The Morgan fingerprint density at radius 1 is 1.10 bits per heavy atom. The Morgan fingerprint density at radius 3 is 2.45 bits per heavy atom. The van der Waals surface area contributed by atoms with Gasteiger partial charge in [0, 0.05) is 64.5 Å². The Morgan fingerprint density at radius 2 is 1.79 bits per heavy atom. The lowest BCUT2D eigenvalue weighted by molar-refractivity contribution is -0.137. The Kier molecular flexibility index (Phi) is 7.50. The quantitative estimate of drug-likeness (QED) is 0.745. The average molecular weight is 403 g/mol. The van der Waals surface area contributed by atoms with E-state index >= 15 is 0 Å². The van der Waals surface area contributed by atoms with Gasteiger partial charge >= 0.3 is 5.97 Å². The van der Waals surface area contributed by atoms with Gasteiger partial charge in [-0.1, -0.05) is 18.2 Å². The van der Waals surface area contributed by atoms with Crippen LogP contribution in [0.2, 0.25) is 0 Å². The fourth-order valence-electron chi connectivity index (χ4n) is 4.55. The number of likely N-dealkylation sites (N-methyl/N-ethyl adjacent to an activating group) is 2. The van der Waals surface area contributed by atoms with Crippen LogP contribution in [0.5, 0.6) is 0 Å². The lowest BCUT2D eigenvalue weighted by atomic mass is 9.86. The van der Waals surface area contributed by atoms with E-state index in [2.05, 4.69) is 16.8 Å². The number of benzene rings is 1. The molecule has 2 atom stereocenters. The first kappa shape index (κ1) is 21.6. The summed E-state index contributed by atoms with van der Waals surface area (Å²) in [5.74, 6) is -0.419. The fourth-order valence-corrected chi connectivity index (χ4v) is 4.55. The number of nitrogens with zero attached hydrogens (tertiary/aromatic N) is 4. The van der Waals surface area contributed by atoms with Crippen molar-refractivity contribution in [1.82, 2.24) is 14.7 Å². The number of carbonyl (C=O) groups is 2. The summed E-state index contributed by atoms with van der Waals surface area (Å²) in [5.41, 5.74) is 1.02. The smallest absolute Gasteiger partial charge is 0.303 e. The number of aliphatic carboxylic acids is 1. The van der Waals surface area contributed by atoms with E-state index in [0.29, 0.717) is 25.6 Å². The first-order valence-electron chi connectivity index (χ1n) is 10.6. The van der Waals surface area contributed by atoms with Gasteiger partial charge in [-0.25, -0.2) is 0 Å². The number of hydrogen-bond acceptors (Lipinski definition) is 5. The van der Waals surface area contributed by atoms with Crippen LogP contribution in [0.25, 0.3) is 0 Å². The van der Waals surface area contributed by atoms with Gasteiger partial charge in [0.2, 0.25) is 5.91 Å². The first-order valence-corrected chi connectivity index (χ1v) is 10.6. The van der Waals surface area contributed by atoms with Crippen LogP contribution < -0.4 is 4.90 Å². The molecule has 2 unspecified atom stereocenters. The second-order valence-corrected chi connectivity index (χ2v) is 8.42. The van der Waals surface area contributed by atoms with Crippen molar-refractivity contribution >= 4 is 17.6 Å². The minimum absolute atomic E-state index is 0.119. The van der Waals surface area contributed by atoms with E-state index in [0.717, 1.165) is 44.8 Å². The Balaban J connectivity index is 1.61. The lowest BCUT2D eigenvalue weighted by Crippen LogP contribution is -2.57. The number of piperazine rings is 1. The van der Waals surface area contributed by atoms with Crippen LogP contribution in [-0.4, -0.2) is 97.6 Å². The monoisotopic (exact) mass is 402 g/mol. The molecule has 0 spiro atoms. The number of rotatable bonds is 7. The molecule has 2 saturated heterocycles. The van der Waals surface area contributed by atoms with E-state index in [-0.39, 0.29) is 18.2 Å². The predicted octanol–water partition coefficient (Wildman–Crippen LogP) is 1.45. The van der Waals surface area contributed by atoms with E-state index in [1.54, 1.807) is 0 Å². The van der Waals surface area contributed by atoms with Gasteiger partial charge < -0.3 is 19.8 Å². The zero-order valence-electron chi connectivity index (χ0n) is 17.7. The molecule has 3 rings (SSSR count). The highest BCUT2D eigenvalue weighted by atomic mass is 16.4. The topological polar surface area (TPSA) is 67.3 Å². The van der Waals surface area contributed by atoms with Gasteiger partial charge in [0.25, 0.3) is 0 Å². The van der Waals surface area contributed by atoms with Gasteiger partial charge in [-0.05, 0) is 37.9 Å². The maximum atomic E-state index is 12.9. The van der Waals surface area contributed by atoms with Crippen molar-refractivity contribution in [3.63, 3.8) is 0 Å². The average Bonchev–Trinajstić information content (AvgIpc) is 2.73. The van der Waals surface area contributed by atoms with Crippen molar-refractivity contribution in [2.75, 3.05) is 64.8 Å². The van der Waals surface area contributed by atoms with Crippen molar-refractivity contribution in [3.05, 3.63) is 30.3 Å². The summed E-state index contributed by atoms with van der Waals surface area (Å²) in [7, 11) is 4.08. The molecule has 160 valence electrons. The summed E-state index contributed by atoms with van der Waals surface area (Å²) in [6.07, 6.45) is 1.72. The van der Waals surface area contributed by atoms with Crippen LogP contribution in [0.15, 0.2) is 30.3 Å². The van der Waals surface area contributed by atoms with E-state index in [9.17, 15) is 14.7 Å². The molecule has 0 bridgehead atoms. The van der Waals surface area contributed by atoms with Gasteiger partial charge in [-0.3, -0.25) is 14.5 Å². The number of piperidine rings is 1. The molecule has 1 aromatic rings. The summed E-state index contributed by atoms with van der Waals surface area (Å²) in [6.45, 7) is 5.90.